The van der Waals surface area contributed by atoms with Crippen molar-refractivity contribution in [3.05, 3.63) is 23.0 Å². The van der Waals surface area contributed by atoms with Crippen LogP contribution in [0.5, 0.6) is 0 Å². The van der Waals surface area contributed by atoms with Gasteiger partial charge in [-0.1, -0.05) is 5.21 Å². The molecular weight excluding hydrogens is 688 g/mol. The van der Waals surface area contributed by atoms with Crippen molar-refractivity contribution in [1.82, 2.24) is 44.5 Å². The molecule has 2 unspecified atom stereocenters. The smallest absolute Gasteiger partial charge is 0.388 e. The molecule has 22 nitrogen and oxygen atoms in total. The van der Waals surface area contributed by atoms with Gasteiger partial charge >= 0.3 is 14.5 Å². The van der Waals surface area contributed by atoms with E-state index in [4.69, 9.17) is 46.1 Å². The van der Waals surface area contributed by atoms with Gasteiger partial charge in [-0.15, -0.1) is 5.10 Å². The third-order valence-electron chi connectivity index (χ3n) is 9.15. The van der Waals surface area contributed by atoms with Crippen molar-refractivity contribution in [2.75, 3.05) is 24.7 Å². The summed E-state index contributed by atoms with van der Waals surface area (Å²) in [5.74, 6) is -1.47. The lowest BCUT2D eigenvalue weighted by Crippen LogP contribution is -2.62. The number of hydrogen-bond donors (Lipinski definition) is 7. The van der Waals surface area contributed by atoms with E-state index in [1.54, 1.807) is 4.57 Å². The number of aromatic amines is 1. The monoisotopic (exact) mass is 715 g/mol. The van der Waals surface area contributed by atoms with E-state index in [1.807, 2.05) is 0 Å². The third kappa shape index (κ3) is 5.09. The second-order valence-electron chi connectivity index (χ2n) is 11.7. The Morgan fingerprint density at radius 3 is 2.60 bits per heavy atom. The van der Waals surface area contributed by atoms with Crippen LogP contribution in [0.3, 0.4) is 0 Å². The number of aliphatic hydroxyl groups is 2. The molecule has 2 aliphatic heterocycles. The topological polar surface area (TPSA) is 316 Å². The third-order valence-corrected chi connectivity index (χ3v) is 11.7. The van der Waals surface area contributed by atoms with Gasteiger partial charge in [0.2, 0.25) is 5.95 Å². The van der Waals surface area contributed by atoms with Crippen molar-refractivity contribution in [2.24, 2.45) is 17.8 Å². The lowest BCUT2D eigenvalue weighted by Gasteiger charge is -2.59. The largest absolute Gasteiger partial charge is 0.472 e. The predicted octanol–water partition coefficient (Wildman–Crippen LogP) is -1.92. The zero-order chi connectivity index (χ0) is 33.0. The molecular formula is C22H27N11O11P2S. The minimum Gasteiger partial charge on any atom is -0.388 e. The molecule has 2 saturated heterocycles. The molecule has 0 aromatic carbocycles. The highest BCUT2D eigenvalue weighted by Gasteiger charge is 2.61. The van der Waals surface area contributed by atoms with E-state index in [-0.39, 0.29) is 35.5 Å². The van der Waals surface area contributed by atoms with Crippen molar-refractivity contribution in [2.45, 2.75) is 49.2 Å². The Hall–Kier alpha value is -3.05. The summed E-state index contributed by atoms with van der Waals surface area (Å²) in [4.78, 5) is 53.2. The zero-order valence-electron chi connectivity index (χ0n) is 23.7. The maximum Gasteiger partial charge on any atom is 0.472 e. The number of H-pyrrole nitrogens is 1. The minimum absolute atomic E-state index is 0.132. The zero-order valence-corrected chi connectivity index (χ0v) is 26.3. The summed E-state index contributed by atoms with van der Waals surface area (Å²) < 4.78 is 44.3. The van der Waals surface area contributed by atoms with Crippen LogP contribution in [0.4, 0.5) is 11.8 Å². The molecule has 4 aromatic rings. The summed E-state index contributed by atoms with van der Waals surface area (Å²) in [6.45, 7) is -5.08. The number of aromatic nitrogens is 9. The van der Waals surface area contributed by atoms with Gasteiger partial charge in [-0.3, -0.25) is 18.8 Å². The van der Waals surface area contributed by atoms with Crippen molar-refractivity contribution < 1.29 is 47.4 Å². The molecule has 4 aromatic heterocycles. The van der Waals surface area contributed by atoms with Gasteiger partial charge < -0.3 is 49.8 Å². The SMILES string of the molecule is Nc1nc2c(nnn2[C@@H]2O[C@@H]3COP(O)(=S)O[C@H]4[C@@H](O)[C@H](n5cnc6c(N)ncnc65)[C@H]5C[C@H]4[C@H]5COP(=O)(O)O[C@@H]2[C@@H]3O)c(=O)[nH]1. The number of imidazole rings is 1. The van der Waals surface area contributed by atoms with E-state index >= 15 is 0 Å². The first kappa shape index (κ1) is 31.2. The van der Waals surface area contributed by atoms with Crippen LogP contribution in [0.1, 0.15) is 18.7 Å². The van der Waals surface area contributed by atoms with E-state index in [2.05, 4.69) is 35.2 Å². The second kappa shape index (κ2) is 11.0. The summed E-state index contributed by atoms with van der Waals surface area (Å²) in [7, 11) is -4.96. The Morgan fingerprint density at radius 1 is 0.979 bits per heavy atom. The van der Waals surface area contributed by atoms with Crippen LogP contribution >= 0.6 is 14.5 Å². The van der Waals surface area contributed by atoms with Crippen LogP contribution in [0, 0.1) is 17.8 Å². The molecule has 3 saturated carbocycles. The van der Waals surface area contributed by atoms with Crippen molar-refractivity contribution >= 4 is 60.4 Å². The molecule has 0 radical (unpaired) electrons. The summed E-state index contributed by atoms with van der Waals surface area (Å²) in [5, 5.41) is 30.4. The highest BCUT2D eigenvalue weighted by Crippen LogP contribution is 2.62. The number of nitrogens with zero attached hydrogens (tertiary/aromatic N) is 8. The van der Waals surface area contributed by atoms with Crippen LogP contribution in [0.25, 0.3) is 22.3 Å². The van der Waals surface area contributed by atoms with Gasteiger partial charge in [-0.05, 0) is 36.0 Å². The van der Waals surface area contributed by atoms with Crippen molar-refractivity contribution in [3.63, 3.8) is 0 Å². The normalized spacial score (nSPS) is 40.7. The number of phosphoric ester groups is 1. The molecule has 0 spiro atoms. The number of nitrogen functional groups attached to an aromatic ring is 2. The van der Waals surface area contributed by atoms with E-state index in [1.165, 1.54) is 12.7 Å². The first-order valence-corrected chi connectivity index (χ1v) is 18.3. The average molecular weight is 716 g/mol. The van der Waals surface area contributed by atoms with E-state index in [9.17, 15) is 29.4 Å². The fourth-order valence-corrected chi connectivity index (χ4v) is 9.44. The summed E-state index contributed by atoms with van der Waals surface area (Å²) in [6, 6.07) is -0.755. The number of ether oxygens (including phenoxy) is 1. The standard InChI is InChI=1S/C22H27N11O11P2S/c23-17-10-18(26-4-25-17)32(5-27-10)12-6-1-7-8(6)2-40-45(37,38)43-16-13(34)9(3-41-46(39,47)44-15(7)14(12)35)42-21(16)33-19-11(30-31-33)20(36)29-22(24)28-19/h4-9,12-16,21,34-35H,1-3H2,(H,37,38)(H,39,47)(H2,23,25,26)(H3,24,28,29,36)/t6-,7-,8-,9+,12+,13+,14-,15+,16+,21+,46?/m0/s1. The van der Waals surface area contributed by atoms with E-state index < -0.39 is 81.3 Å². The van der Waals surface area contributed by atoms with E-state index in [0.29, 0.717) is 17.6 Å². The maximum absolute atomic E-state index is 13.4. The van der Waals surface area contributed by atoms with Gasteiger partial charge in [0.25, 0.3) is 5.56 Å². The molecule has 5 aliphatic rings. The molecule has 252 valence electrons. The molecule has 5 fully saturated rings. The Balaban J connectivity index is 1.15. The molecule has 12 atom stereocenters. The number of anilines is 2. The minimum atomic E-state index is -4.96. The van der Waals surface area contributed by atoms with Gasteiger partial charge in [0, 0.05) is 0 Å². The molecule has 9 N–H and O–H groups in total. The maximum atomic E-state index is 13.4. The van der Waals surface area contributed by atoms with Gasteiger partial charge in [0.15, 0.2) is 28.9 Å². The lowest BCUT2D eigenvalue weighted by atomic mass is 9.53. The van der Waals surface area contributed by atoms with Gasteiger partial charge in [-0.25, -0.2) is 19.5 Å². The fourth-order valence-electron chi connectivity index (χ4n) is 7.01. The van der Waals surface area contributed by atoms with Crippen molar-refractivity contribution in [3.8, 4) is 0 Å². The molecule has 3 aliphatic carbocycles. The summed E-state index contributed by atoms with van der Waals surface area (Å²) in [6.07, 6.45) is -5.42. The quantitative estimate of drug-likeness (QED) is 0.111. The molecule has 6 heterocycles. The number of rotatable bonds is 2. The molecule has 25 heteroatoms. The number of hydrogen-bond acceptors (Lipinski definition) is 18. The predicted molar refractivity (Wildman–Crippen MR) is 158 cm³/mol. The van der Waals surface area contributed by atoms with Crippen LogP contribution < -0.4 is 17.0 Å². The highest BCUT2D eigenvalue weighted by atomic mass is 32.5. The second-order valence-corrected chi connectivity index (χ2v) is 15.9. The highest BCUT2D eigenvalue weighted by molar-refractivity contribution is 8.07. The first-order valence-electron chi connectivity index (χ1n) is 14.2. The Labute approximate surface area is 266 Å². The number of nitrogens with two attached hydrogens (primary N) is 2. The average Bonchev–Trinajstić information content (AvgIpc) is 3.69. The molecule has 0 amide bonds. The Bertz CT molecular complexity index is 2050. The van der Waals surface area contributed by atoms with Crippen LogP contribution in [-0.4, -0.2) is 108 Å². The Kier molecular flexibility index (Phi) is 7.30. The fraction of sp³-hybridized carbons (Fsp3) is 0.591. The summed E-state index contributed by atoms with van der Waals surface area (Å²) >= 11 is 5.32. The van der Waals surface area contributed by atoms with Crippen LogP contribution in [-0.2, 0) is 39.2 Å². The molecule has 47 heavy (non-hydrogen) atoms. The van der Waals surface area contributed by atoms with Gasteiger partial charge in [-0.2, -0.15) is 9.67 Å². The van der Waals surface area contributed by atoms with Crippen molar-refractivity contribution in [1.29, 1.82) is 0 Å². The van der Waals surface area contributed by atoms with E-state index in [0.717, 1.165) is 4.68 Å². The molecule has 6 bridgehead atoms. The number of nitrogens with one attached hydrogen (secondary N) is 1. The van der Waals surface area contributed by atoms with Gasteiger partial charge in [0.05, 0.1) is 31.7 Å². The number of phosphoric acid groups is 1. The molecule has 9 rings (SSSR count). The van der Waals surface area contributed by atoms with Crippen LogP contribution in [0.15, 0.2) is 17.4 Å². The number of aliphatic hydroxyl groups excluding tert-OH is 2. The number of fused-ring (bicyclic) bond motifs is 5. The first-order chi connectivity index (χ1) is 22.3. The van der Waals surface area contributed by atoms with Crippen LogP contribution in [0.2, 0.25) is 0 Å². The summed E-state index contributed by atoms with van der Waals surface area (Å²) in [5.41, 5.74) is 11.2. The lowest BCUT2D eigenvalue weighted by molar-refractivity contribution is -0.185. The van der Waals surface area contributed by atoms with Gasteiger partial charge in [0.1, 0.15) is 36.3 Å². The Morgan fingerprint density at radius 2 is 1.79 bits per heavy atom.